The number of hydrogen-bond acceptors (Lipinski definition) is 8. The monoisotopic (exact) mass is 551 g/mol. The molecular formula is C27H25N3O6S2. The van der Waals surface area contributed by atoms with Gasteiger partial charge < -0.3 is 19.4 Å². The lowest BCUT2D eigenvalue weighted by atomic mass is 9.82. The van der Waals surface area contributed by atoms with Crippen molar-refractivity contribution in [2.75, 3.05) is 37.8 Å². The summed E-state index contributed by atoms with van der Waals surface area (Å²) in [6.07, 6.45) is 0. The number of aromatic nitrogens is 1. The summed E-state index contributed by atoms with van der Waals surface area (Å²) in [5.74, 6) is -1.63. The standard InChI is InChI=1S/C27H25N3O6S2/c1-15-6-8-16(9-7-15)30-25(32)21-20(22-24(28-27(34)38-22)37-23(21)26(30)33)17-4-2-3-5-18(17)36-14-19(31)29-10-12-35-13-11-29/h2-9,20-21,23H,10-14H2,1H3,(H,28,34)/t20-,21-,23+/m0/s1. The van der Waals surface area contributed by atoms with Crippen LogP contribution in [0.2, 0.25) is 0 Å². The molecule has 0 spiro atoms. The number of imide groups is 1. The number of nitrogens with one attached hydrogen (secondary N) is 1. The highest BCUT2D eigenvalue weighted by molar-refractivity contribution is 8.00. The first-order valence-corrected chi connectivity index (χ1v) is 14.0. The molecule has 0 bridgehead atoms. The van der Waals surface area contributed by atoms with E-state index in [4.69, 9.17) is 9.47 Å². The van der Waals surface area contributed by atoms with Crippen molar-refractivity contribution in [1.82, 2.24) is 9.88 Å². The fourth-order valence-electron chi connectivity index (χ4n) is 5.21. The molecule has 3 aliphatic heterocycles. The highest BCUT2D eigenvalue weighted by Crippen LogP contribution is 2.54. The first kappa shape index (κ1) is 24.9. The van der Waals surface area contributed by atoms with Gasteiger partial charge in [-0.1, -0.05) is 59.0 Å². The number of amides is 3. The molecule has 0 aliphatic carbocycles. The molecule has 3 atom stereocenters. The Morgan fingerprint density at radius 1 is 1.05 bits per heavy atom. The normalized spacial score (nSPS) is 22.8. The third-order valence-electron chi connectivity index (χ3n) is 7.09. The van der Waals surface area contributed by atoms with Crippen LogP contribution >= 0.6 is 23.1 Å². The number of thiazole rings is 1. The van der Waals surface area contributed by atoms with Crippen molar-refractivity contribution < 1.29 is 23.9 Å². The Labute approximate surface area is 226 Å². The van der Waals surface area contributed by atoms with Gasteiger partial charge in [-0.05, 0) is 25.1 Å². The minimum absolute atomic E-state index is 0.148. The van der Waals surface area contributed by atoms with Gasteiger partial charge in [-0.15, -0.1) is 0 Å². The minimum atomic E-state index is -0.729. The summed E-state index contributed by atoms with van der Waals surface area (Å²) in [6.45, 7) is 3.80. The number of thioether (sulfide) groups is 1. The molecule has 4 heterocycles. The molecule has 38 heavy (non-hydrogen) atoms. The number of benzene rings is 2. The van der Waals surface area contributed by atoms with Gasteiger partial charge in [0.2, 0.25) is 11.8 Å². The van der Waals surface area contributed by atoms with E-state index in [1.165, 1.54) is 16.7 Å². The number of H-pyrrole nitrogens is 1. The largest absolute Gasteiger partial charge is 0.483 e. The van der Waals surface area contributed by atoms with Crippen molar-refractivity contribution >= 4 is 46.5 Å². The molecule has 3 amide bonds. The molecule has 0 unspecified atom stereocenters. The van der Waals surface area contributed by atoms with E-state index in [2.05, 4.69) is 4.98 Å². The number of carbonyl (C=O) groups excluding carboxylic acids is 3. The first-order chi connectivity index (χ1) is 18.4. The van der Waals surface area contributed by atoms with Gasteiger partial charge in [0.05, 0.1) is 29.8 Å². The minimum Gasteiger partial charge on any atom is -0.483 e. The number of aromatic amines is 1. The molecular weight excluding hydrogens is 526 g/mol. The molecule has 196 valence electrons. The Morgan fingerprint density at radius 3 is 2.55 bits per heavy atom. The number of hydrogen-bond donors (Lipinski definition) is 1. The number of anilines is 1. The summed E-state index contributed by atoms with van der Waals surface area (Å²) < 4.78 is 11.4. The van der Waals surface area contributed by atoms with Gasteiger partial charge in [-0.3, -0.25) is 19.2 Å². The average molecular weight is 552 g/mol. The van der Waals surface area contributed by atoms with Crippen LogP contribution in [0.1, 0.15) is 21.9 Å². The maximum absolute atomic E-state index is 13.9. The van der Waals surface area contributed by atoms with E-state index in [9.17, 15) is 19.2 Å². The molecule has 2 fully saturated rings. The van der Waals surface area contributed by atoms with Gasteiger partial charge in [0.15, 0.2) is 6.61 Å². The van der Waals surface area contributed by atoms with Crippen LogP contribution in [-0.2, 0) is 19.1 Å². The van der Waals surface area contributed by atoms with Gasteiger partial charge in [0.25, 0.3) is 5.91 Å². The molecule has 1 aromatic heterocycles. The van der Waals surface area contributed by atoms with Gasteiger partial charge in [0, 0.05) is 29.4 Å². The van der Waals surface area contributed by atoms with Gasteiger partial charge in [-0.25, -0.2) is 4.90 Å². The van der Waals surface area contributed by atoms with Crippen LogP contribution in [0.4, 0.5) is 5.69 Å². The van der Waals surface area contributed by atoms with Gasteiger partial charge >= 0.3 is 4.87 Å². The average Bonchev–Trinajstić information content (AvgIpc) is 3.43. The summed E-state index contributed by atoms with van der Waals surface area (Å²) in [4.78, 5) is 58.9. The van der Waals surface area contributed by atoms with Crippen LogP contribution in [0.25, 0.3) is 0 Å². The van der Waals surface area contributed by atoms with Crippen molar-refractivity contribution in [2.45, 2.75) is 23.1 Å². The van der Waals surface area contributed by atoms with Gasteiger partial charge in [0.1, 0.15) is 11.0 Å². The second kappa shape index (κ2) is 10.0. The number of rotatable bonds is 5. The molecule has 0 radical (unpaired) electrons. The predicted octanol–water partition coefficient (Wildman–Crippen LogP) is 2.78. The zero-order valence-electron chi connectivity index (χ0n) is 20.5. The van der Waals surface area contributed by atoms with Crippen molar-refractivity contribution in [3.05, 3.63) is 74.2 Å². The lowest BCUT2D eigenvalue weighted by Gasteiger charge is -2.31. The number of fused-ring (bicyclic) bond motifs is 2. The van der Waals surface area contributed by atoms with Crippen molar-refractivity contribution in [2.24, 2.45) is 5.92 Å². The van der Waals surface area contributed by atoms with E-state index < -0.39 is 17.1 Å². The molecule has 3 aliphatic rings. The lowest BCUT2D eigenvalue weighted by molar-refractivity contribution is -0.137. The van der Waals surface area contributed by atoms with Crippen molar-refractivity contribution in [3.8, 4) is 5.75 Å². The Bertz CT molecular complexity index is 1460. The third kappa shape index (κ3) is 4.34. The SMILES string of the molecule is Cc1ccc(N2C(=O)[C@H]3[C@H](c4ccccc4OCC(=O)N4CCOCC4)c4sc(=O)[nH]c4S[C@H]3C2=O)cc1. The Balaban J connectivity index is 1.36. The molecule has 6 rings (SSSR count). The molecule has 11 heteroatoms. The number of para-hydroxylation sites is 1. The summed E-state index contributed by atoms with van der Waals surface area (Å²) in [6, 6.07) is 14.5. The quantitative estimate of drug-likeness (QED) is 0.486. The summed E-state index contributed by atoms with van der Waals surface area (Å²) in [7, 11) is 0. The Morgan fingerprint density at radius 2 is 1.79 bits per heavy atom. The van der Waals surface area contributed by atoms with Gasteiger partial charge in [-0.2, -0.15) is 0 Å². The molecule has 3 aromatic rings. The van der Waals surface area contributed by atoms with E-state index in [0.29, 0.717) is 53.2 Å². The molecule has 9 nitrogen and oxygen atoms in total. The zero-order chi connectivity index (χ0) is 26.4. The third-order valence-corrected chi connectivity index (χ3v) is 9.49. The Hall–Kier alpha value is -3.41. The summed E-state index contributed by atoms with van der Waals surface area (Å²) in [5, 5.41) is -0.105. The second-order valence-electron chi connectivity index (χ2n) is 9.42. The Kier molecular flexibility index (Phi) is 6.58. The van der Waals surface area contributed by atoms with E-state index in [-0.39, 0.29) is 29.2 Å². The second-order valence-corrected chi connectivity index (χ2v) is 11.6. The molecule has 1 N–H and O–H groups in total. The van der Waals surface area contributed by atoms with E-state index in [1.807, 2.05) is 31.2 Å². The maximum Gasteiger partial charge on any atom is 0.305 e. The maximum atomic E-state index is 13.9. The molecule has 2 aromatic carbocycles. The fraction of sp³-hybridized carbons (Fsp3) is 0.333. The van der Waals surface area contributed by atoms with E-state index in [0.717, 1.165) is 16.9 Å². The van der Waals surface area contributed by atoms with Crippen LogP contribution < -0.4 is 14.5 Å². The van der Waals surface area contributed by atoms with Crippen LogP contribution in [-0.4, -0.2) is 65.8 Å². The number of ether oxygens (including phenoxy) is 2. The summed E-state index contributed by atoms with van der Waals surface area (Å²) in [5.41, 5.74) is 2.22. The first-order valence-electron chi connectivity index (χ1n) is 12.3. The van der Waals surface area contributed by atoms with Crippen LogP contribution in [0.5, 0.6) is 5.75 Å². The number of morpholine rings is 1. The molecule has 2 saturated heterocycles. The van der Waals surface area contributed by atoms with E-state index in [1.54, 1.807) is 29.2 Å². The number of aryl methyl sites for hydroxylation is 1. The zero-order valence-corrected chi connectivity index (χ0v) is 22.2. The predicted molar refractivity (Wildman–Crippen MR) is 143 cm³/mol. The van der Waals surface area contributed by atoms with Crippen molar-refractivity contribution in [1.29, 1.82) is 0 Å². The molecule has 0 saturated carbocycles. The summed E-state index contributed by atoms with van der Waals surface area (Å²) >= 11 is 2.27. The lowest BCUT2D eigenvalue weighted by Crippen LogP contribution is -2.43. The van der Waals surface area contributed by atoms with Crippen LogP contribution in [0.15, 0.2) is 58.4 Å². The smallest absolute Gasteiger partial charge is 0.305 e. The topological polar surface area (TPSA) is 109 Å². The number of nitrogens with zero attached hydrogens (tertiary/aromatic N) is 2. The van der Waals surface area contributed by atoms with Crippen LogP contribution in [0, 0.1) is 12.8 Å². The number of carbonyl (C=O) groups is 3. The highest BCUT2D eigenvalue weighted by atomic mass is 32.2. The highest BCUT2D eigenvalue weighted by Gasteiger charge is 2.56. The van der Waals surface area contributed by atoms with Crippen LogP contribution in [0.3, 0.4) is 0 Å². The van der Waals surface area contributed by atoms with Crippen molar-refractivity contribution in [3.63, 3.8) is 0 Å². The fourth-order valence-corrected chi connectivity index (χ4v) is 7.72. The van der Waals surface area contributed by atoms with E-state index >= 15 is 0 Å².